The minimum atomic E-state index is -0.250. The van der Waals surface area contributed by atoms with Crippen molar-refractivity contribution in [2.45, 2.75) is 13.0 Å². The van der Waals surface area contributed by atoms with Gasteiger partial charge < -0.3 is 5.73 Å². The zero-order valence-electron chi connectivity index (χ0n) is 10.7. The minimum absolute atomic E-state index is 0.250. The molecular weight excluding hydrogens is 234 g/mol. The van der Waals surface area contributed by atoms with Gasteiger partial charge in [0.15, 0.2) is 0 Å². The quantitative estimate of drug-likeness (QED) is 0.759. The van der Waals surface area contributed by atoms with Gasteiger partial charge in [0.1, 0.15) is 0 Å². The molecule has 0 amide bonds. The smallest absolute Gasteiger partial charge is 0.0750 e. The third-order valence-electron chi connectivity index (χ3n) is 3.38. The van der Waals surface area contributed by atoms with E-state index >= 15 is 0 Å². The first-order valence-corrected chi connectivity index (χ1v) is 6.27. The largest absolute Gasteiger partial charge is 0.319 e. The van der Waals surface area contributed by atoms with Crippen molar-refractivity contribution in [2.24, 2.45) is 5.73 Å². The summed E-state index contributed by atoms with van der Waals surface area (Å²) in [4.78, 5) is 8.69. The topological polar surface area (TPSA) is 51.8 Å². The molecule has 19 heavy (non-hydrogen) atoms. The Morgan fingerprint density at radius 1 is 1.05 bits per heavy atom. The summed E-state index contributed by atoms with van der Waals surface area (Å²) in [5, 5.41) is 2.24. The van der Waals surface area contributed by atoms with E-state index in [1.54, 1.807) is 6.20 Å². The first kappa shape index (κ1) is 11.8. The van der Waals surface area contributed by atoms with Gasteiger partial charge in [-0.05, 0) is 23.9 Å². The van der Waals surface area contributed by atoms with Gasteiger partial charge in [-0.3, -0.25) is 9.97 Å². The van der Waals surface area contributed by atoms with E-state index in [2.05, 4.69) is 16.0 Å². The molecule has 1 atom stereocenters. The van der Waals surface area contributed by atoms with Gasteiger partial charge in [-0.25, -0.2) is 0 Å². The van der Waals surface area contributed by atoms with Crippen LogP contribution < -0.4 is 5.73 Å². The SMILES string of the molecule is Cc1cccnc1C(N)c1cncc2ccccc12. The van der Waals surface area contributed by atoms with Crippen LogP contribution in [0, 0.1) is 6.92 Å². The maximum atomic E-state index is 6.38. The predicted octanol–water partition coefficient (Wildman–Crippen LogP) is 2.99. The summed E-state index contributed by atoms with van der Waals surface area (Å²) >= 11 is 0. The molecule has 3 heteroatoms. The van der Waals surface area contributed by atoms with Crippen molar-refractivity contribution < 1.29 is 0 Å². The fourth-order valence-electron chi connectivity index (χ4n) is 2.36. The van der Waals surface area contributed by atoms with E-state index in [4.69, 9.17) is 5.73 Å². The standard InChI is InChI=1S/C16H15N3/c1-11-5-4-8-19-16(11)15(17)14-10-18-9-12-6-2-3-7-13(12)14/h2-10,15H,17H2,1H3. The molecule has 0 aliphatic carbocycles. The molecule has 3 rings (SSSR count). The molecule has 0 bridgehead atoms. The lowest BCUT2D eigenvalue weighted by atomic mass is 9.97. The van der Waals surface area contributed by atoms with Crippen LogP contribution in [0.5, 0.6) is 0 Å². The number of hydrogen-bond donors (Lipinski definition) is 1. The van der Waals surface area contributed by atoms with Crippen molar-refractivity contribution in [2.75, 3.05) is 0 Å². The maximum absolute atomic E-state index is 6.38. The van der Waals surface area contributed by atoms with Gasteiger partial charge in [0.2, 0.25) is 0 Å². The second-order valence-electron chi connectivity index (χ2n) is 4.63. The van der Waals surface area contributed by atoms with E-state index in [-0.39, 0.29) is 6.04 Å². The van der Waals surface area contributed by atoms with Gasteiger partial charge in [-0.1, -0.05) is 30.3 Å². The summed E-state index contributed by atoms with van der Waals surface area (Å²) in [6.45, 7) is 2.03. The zero-order valence-corrected chi connectivity index (χ0v) is 10.7. The van der Waals surface area contributed by atoms with Crippen LogP contribution in [0.4, 0.5) is 0 Å². The van der Waals surface area contributed by atoms with Crippen LogP contribution >= 0.6 is 0 Å². The molecule has 0 spiro atoms. The van der Waals surface area contributed by atoms with Crippen molar-refractivity contribution in [3.05, 3.63) is 71.8 Å². The van der Waals surface area contributed by atoms with Crippen molar-refractivity contribution >= 4 is 10.8 Å². The molecule has 0 aliphatic rings. The van der Waals surface area contributed by atoms with Gasteiger partial charge in [-0.15, -0.1) is 0 Å². The van der Waals surface area contributed by atoms with Gasteiger partial charge >= 0.3 is 0 Å². The fourth-order valence-corrected chi connectivity index (χ4v) is 2.36. The summed E-state index contributed by atoms with van der Waals surface area (Å²) in [5.74, 6) is 0. The Labute approximate surface area is 112 Å². The average molecular weight is 249 g/mol. The highest BCUT2D eigenvalue weighted by molar-refractivity contribution is 5.85. The highest BCUT2D eigenvalue weighted by atomic mass is 14.8. The second kappa shape index (κ2) is 4.78. The van der Waals surface area contributed by atoms with Crippen molar-refractivity contribution in [1.29, 1.82) is 0 Å². The number of aromatic nitrogens is 2. The van der Waals surface area contributed by atoms with E-state index < -0.39 is 0 Å². The summed E-state index contributed by atoms with van der Waals surface area (Å²) in [5.41, 5.74) is 9.40. The summed E-state index contributed by atoms with van der Waals surface area (Å²) in [7, 11) is 0. The van der Waals surface area contributed by atoms with Gasteiger partial charge in [0.05, 0.1) is 11.7 Å². The van der Waals surface area contributed by atoms with E-state index in [0.29, 0.717) is 0 Å². The van der Waals surface area contributed by atoms with Crippen LogP contribution in [0.3, 0.4) is 0 Å². The summed E-state index contributed by atoms with van der Waals surface area (Å²) in [6, 6.07) is 11.8. The van der Waals surface area contributed by atoms with Gasteiger partial charge in [0.25, 0.3) is 0 Å². The molecular formula is C16H15N3. The van der Waals surface area contributed by atoms with Crippen LogP contribution in [0.15, 0.2) is 55.0 Å². The van der Waals surface area contributed by atoms with Crippen LogP contribution in [-0.4, -0.2) is 9.97 Å². The number of aryl methyl sites for hydroxylation is 1. The fraction of sp³-hybridized carbons (Fsp3) is 0.125. The Kier molecular flexibility index (Phi) is 2.97. The number of nitrogens with two attached hydrogens (primary N) is 1. The molecule has 2 aromatic heterocycles. The Morgan fingerprint density at radius 2 is 1.89 bits per heavy atom. The van der Waals surface area contributed by atoms with E-state index in [9.17, 15) is 0 Å². The molecule has 3 aromatic rings. The van der Waals surface area contributed by atoms with Crippen molar-refractivity contribution in [1.82, 2.24) is 9.97 Å². The summed E-state index contributed by atoms with van der Waals surface area (Å²) in [6.07, 6.45) is 5.47. The Hall–Kier alpha value is -2.26. The first-order valence-electron chi connectivity index (χ1n) is 6.27. The number of rotatable bonds is 2. The molecule has 0 saturated carbocycles. The number of nitrogens with zero attached hydrogens (tertiary/aromatic N) is 2. The van der Waals surface area contributed by atoms with Crippen LogP contribution in [-0.2, 0) is 0 Å². The Morgan fingerprint density at radius 3 is 2.74 bits per heavy atom. The van der Waals surface area contributed by atoms with E-state index in [1.165, 1.54) is 0 Å². The lowest BCUT2D eigenvalue weighted by Crippen LogP contribution is -2.15. The molecule has 0 radical (unpaired) electrons. The lowest BCUT2D eigenvalue weighted by Gasteiger charge is -2.15. The highest BCUT2D eigenvalue weighted by Crippen LogP contribution is 2.26. The highest BCUT2D eigenvalue weighted by Gasteiger charge is 2.15. The number of pyridine rings is 2. The molecule has 2 N–H and O–H groups in total. The average Bonchev–Trinajstić information content (AvgIpc) is 2.46. The van der Waals surface area contributed by atoms with Crippen LogP contribution in [0.2, 0.25) is 0 Å². The Balaban J connectivity index is 2.17. The molecule has 0 aliphatic heterocycles. The molecule has 0 saturated heterocycles. The van der Waals surface area contributed by atoms with Crippen LogP contribution in [0.1, 0.15) is 22.9 Å². The summed E-state index contributed by atoms with van der Waals surface area (Å²) < 4.78 is 0. The lowest BCUT2D eigenvalue weighted by molar-refractivity contribution is 0.820. The molecule has 0 fully saturated rings. The monoisotopic (exact) mass is 249 g/mol. The second-order valence-corrected chi connectivity index (χ2v) is 4.63. The molecule has 1 aromatic carbocycles. The first-order chi connectivity index (χ1) is 9.27. The minimum Gasteiger partial charge on any atom is -0.319 e. The van der Waals surface area contributed by atoms with Crippen molar-refractivity contribution in [3.8, 4) is 0 Å². The van der Waals surface area contributed by atoms with E-state index in [1.807, 2.05) is 49.6 Å². The van der Waals surface area contributed by atoms with Crippen molar-refractivity contribution in [3.63, 3.8) is 0 Å². The van der Waals surface area contributed by atoms with Crippen LogP contribution in [0.25, 0.3) is 10.8 Å². The van der Waals surface area contributed by atoms with Gasteiger partial charge in [-0.2, -0.15) is 0 Å². The molecule has 2 heterocycles. The predicted molar refractivity (Wildman–Crippen MR) is 76.7 cm³/mol. The van der Waals surface area contributed by atoms with E-state index in [0.717, 1.165) is 27.6 Å². The number of hydrogen-bond acceptors (Lipinski definition) is 3. The Bertz CT molecular complexity index is 717. The normalized spacial score (nSPS) is 12.5. The molecule has 94 valence electrons. The third-order valence-corrected chi connectivity index (χ3v) is 3.38. The maximum Gasteiger partial charge on any atom is 0.0750 e. The molecule has 3 nitrogen and oxygen atoms in total. The molecule has 1 unspecified atom stereocenters. The zero-order chi connectivity index (χ0) is 13.2. The number of fused-ring (bicyclic) bond motifs is 1. The van der Waals surface area contributed by atoms with Gasteiger partial charge in [0, 0.05) is 29.5 Å². The number of benzene rings is 1. The third kappa shape index (κ3) is 2.09.